The summed E-state index contributed by atoms with van der Waals surface area (Å²) in [4.78, 5) is 5.81. The van der Waals surface area contributed by atoms with Gasteiger partial charge in [-0.15, -0.1) is 0 Å². The lowest BCUT2D eigenvalue weighted by Crippen LogP contribution is -2.26. The van der Waals surface area contributed by atoms with Crippen LogP contribution in [0.15, 0.2) is 95.1 Å². The Kier molecular flexibility index (Phi) is 6.40. The van der Waals surface area contributed by atoms with Gasteiger partial charge in [-0.2, -0.15) is 5.26 Å². The average Bonchev–Trinajstić information content (AvgIpc) is 3.44. The fourth-order valence-electron chi connectivity index (χ4n) is 4.59. The number of hydrogen-bond donors (Lipinski definition) is 0. The van der Waals surface area contributed by atoms with Crippen molar-refractivity contribution in [1.82, 2.24) is 4.57 Å². The molecule has 2 heterocycles. The summed E-state index contributed by atoms with van der Waals surface area (Å²) in [6, 6.07) is 22.3. The van der Waals surface area contributed by atoms with Crippen molar-refractivity contribution in [1.29, 1.82) is 5.26 Å². The number of allylic oxidation sites excluding steroid dienone is 3. The Balaban J connectivity index is 1.55. The second-order valence-corrected chi connectivity index (χ2v) is 8.72. The molecule has 6 heteroatoms. The molecule has 1 atom stereocenters. The fraction of sp³-hybridized carbons (Fsp3) is 0.241. The van der Waals surface area contributed by atoms with Crippen molar-refractivity contribution >= 4 is 11.6 Å². The molecule has 1 aliphatic carbocycles. The van der Waals surface area contributed by atoms with Crippen molar-refractivity contribution in [2.24, 2.45) is 5.16 Å². The normalized spacial score (nSPS) is 18.7. The van der Waals surface area contributed by atoms with Gasteiger partial charge in [-0.3, -0.25) is 4.57 Å². The first-order chi connectivity index (χ1) is 17.2. The van der Waals surface area contributed by atoms with Crippen molar-refractivity contribution in [3.05, 3.63) is 107 Å². The summed E-state index contributed by atoms with van der Waals surface area (Å²) in [7, 11) is 1.64. The molecule has 1 aromatic heterocycles. The van der Waals surface area contributed by atoms with Gasteiger partial charge in [0.2, 0.25) is 5.88 Å². The standard InChI is InChI=1S/C29H27N3O3/c1-20-8-10-21(11-9-20)19-34-31-25-6-5-7-26-28(25)27(22-12-14-23(33-2)15-13-22)24(18-30)29(35-26)32-16-3-4-17-32/h3-4,8-17,27H,5-7,19H2,1-2H3/b31-25+. The molecule has 0 saturated carbocycles. The van der Waals surface area contributed by atoms with Gasteiger partial charge in [0, 0.05) is 24.4 Å². The Morgan fingerprint density at radius 1 is 1.06 bits per heavy atom. The van der Waals surface area contributed by atoms with Crippen LogP contribution in [0.3, 0.4) is 0 Å². The van der Waals surface area contributed by atoms with Crippen LogP contribution < -0.4 is 4.74 Å². The van der Waals surface area contributed by atoms with Gasteiger partial charge >= 0.3 is 0 Å². The first-order valence-corrected chi connectivity index (χ1v) is 11.7. The summed E-state index contributed by atoms with van der Waals surface area (Å²) < 4.78 is 13.6. The zero-order valence-electron chi connectivity index (χ0n) is 19.9. The van der Waals surface area contributed by atoms with Gasteiger partial charge in [0.1, 0.15) is 29.8 Å². The molecule has 0 amide bonds. The minimum Gasteiger partial charge on any atom is -0.497 e. The molecule has 1 unspecified atom stereocenters. The third kappa shape index (κ3) is 4.58. The largest absolute Gasteiger partial charge is 0.497 e. The maximum atomic E-state index is 10.3. The van der Waals surface area contributed by atoms with E-state index in [2.05, 4.69) is 30.3 Å². The number of nitrogens with zero attached hydrogens (tertiary/aromatic N) is 3. The minimum absolute atomic E-state index is 0.311. The van der Waals surface area contributed by atoms with E-state index in [4.69, 9.17) is 14.3 Å². The number of aryl methyl sites for hydroxylation is 1. The lowest BCUT2D eigenvalue weighted by atomic mass is 9.77. The van der Waals surface area contributed by atoms with E-state index in [9.17, 15) is 5.26 Å². The number of nitriles is 1. The van der Waals surface area contributed by atoms with Gasteiger partial charge < -0.3 is 14.3 Å². The summed E-state index contributed by atoms with van der Waals surface area (Å²) in [6.07, 6.45) is 6.24. The SMILES string of the molecule is COc1ccc(C2C(C#N)=C(n3cccc3)OC3=C2/C(=N/OCc2ccc(C)cc2)CCC3)cc1. The molecule has 0 spiro atoms. The Bertz CT molecular complexity index is 1330. The van der Waals surface area contributed by atoms with Crippen molar-refractivity contribution in [2.45, 2.75) is 38.7 Å². The predicted molar refractivity (Wildman–Crippen MR) is 134 cm³/mol. The van der Waals surface area contributed by atoms with E-state index >= 15 is 0 Å². The van der Waals surface area contributed by atoms with E-state index in [-0.39, 0.29) is 5.92 Å². The van der Waals surface area contributed by atoms with E-state index < -0.39 is 0 Å². The van der Waals surface area contributed by atoms with Crippen molar-refractivity contribution in [3.63, 3.8) is 0 Å². The van der Waals surface area contributed by atoms with Gasteiger partial charge in [-0.1, -0.05) is 47.1 Å². The quantitative estimate of drug-likeness (QED) is 0.399. The summed E-state index contributed by atoms with van der Waals surface area (Å²) in [5, 5.41) is 14.9. The topological polar surface area (TPSA) is 68.8 Å². The molecule has 0 saturated heterocycles. The van der Waals surface area contributed by atoms with Crippen LogP contribution in [0.5, 0.6) is 5.75 Å². The zero-order chi connectivity index (χ0) is 24.2. The Morgan fingerprint density at radius 2 is 1.80 bits per heavy atom. The number of oxime groups is 1. The summed E-state index contributed by atoms with van der Waals surface area (Å²) in [5.41, 5.74) is 5.55. The number of hydrogen-bond acceptors (Lipinski definition) is 5. The monoisotopic (exact) mass is 465 g/mol. The highest BCUT2D eigenvalue weighted by Crippen LogP contribution is 2.46. The summed E-state index contributed by atoms with van der Waals surface area (Å²) >= 11 is 0. The molecule has 2 aliphatic rings. The average molecular weight is 466 g/mol. The molecule has 35 heavy (non-hydrogen) atoms. The molecule has 3 aromatic rings. The molecule has 1 aliphatic heterocycles. The first-order valence-electron chi connectivity index (χ1n) is 11.7. The highest BCUT2D eigenvalue weighted by Gasteiger charge is 2.38. The third-order valence-electron chi connectivity index (χ3n) is 6.39. The van der Waals surface area contributed by atoms with Crippen LogP contribution in [-0.4, -0.2) is 17.4 Å². The van der Waals surface area contributed by atoms with Gasteiger partial charge in [0.25, 0.3) is 0 Å². The van der Waals surface area contributed by atoms with Crippen molar-refractivity contribution in [2.75, 3.05) is 7.11 Å². The molecule has 5 rings (SSSR count). The number of rotatable bonds is 6. The molecular weight excluding hydrogens is 438 g/mol. The predicted octanol–water partition coefficient (Wildman–Crippen LogP) is 6.32. The molecule has 0 radical (unpaired) electrons. The molecule has 0 fully saturated rings. The van der Waals surface area contributed by atoms with Crippen LogP contribution in [0.2, 0.25) is 0 Å². The van der Waals surface area contributed by atoms with Gasteiger partial charge in [0.05, 0.1) is 18.7 Å². The van der Waals surface area contributed by atoms with Crippen LogP contribution in [0, 0.1) is 18.3 Å². The Morgan fingerprint density at radius 3 is 2.49 bits per heavy atom. The number of aromatic nitrogens is 1. The summed E-state index contributed by atoms with van der Waals surface area (Å²) in [5.74, 6) is 1.84. The zero-order valence-corrected chi connectivity index (χ0v) is 19.9. The number of methoxy groups -OCH3 is 1. The Hall–Kier alpha value is -4.24. The fourth-order valence-corrected chi connectivity index (χ4v) is 4.59. The maximum absolute atomic E-state index is 10.3. The van der Waals surface area contributed by atoms with E-state index in [0.29, 0.717) is 18.1 Å². The molecule has 2 aromatic carbocycles. The highest BCUT2D eigenvalue weighted by atomic mass is 16.6. The second kappa shape index (κ2) is 9.94. The summed E-state index contributed by atoms with van der Waals surface area (Å²) in [6.45, 7) is 2.45. The molecule has 0 bridgehead atoms. The maximum Gasteiger partial charge on any atom is 0.218 e. The van der Waals surface area contributed by atoms with Crippen LogP contribution in [0.25, 0.3) is 5.88 Å². The van der Waals surface area contributed by atoms with E-state index in [1.807, 2.05) is 65.5 Å². The van der Waals surface area contributed by atoms with Gasteiger partial charge in [-0.05, 0) is 55.2 Å². The van der Waals surface area contributed by atoms with Gasteiger partial charge in [-0.25, -0.2) is 0 Å². The first kappa shape index (κ1) is 22.5. The third-order valence-corrected chi connectivity index (χ3v) is 6.39. The smallest absolute Gasteiger partial charge is 0.218 e. The van der Waals surface area contributed by atoms with E-state index in [1.165, 1.54) is 5.56 Å². The van der Waals surface area contributed by atoms with Crippen LogP contribution in [0.4, 0.5) is 0 Å². The van der Waals surface area contributed by atoms with Crippen LogP contribution in [0.1, 0.15) is 41.9 Å². The molecule has 6 nitrogen and oxygen atoms in total. The lowest BCUT2D eigenvalue weighted by molar-refractivity contribution is 0.129. The van der Waals surface area contributed by atoms with E-state index in [0.717, 1.165) is 53.2 Å². The van der Waals surface area contributed by atoms with E-state index in [1.54, 1.807) is 7.11 Å². The Labute approximate surface area is 205 Å². The second-order valence-electron chi connectivity index (χ2n) is 8.72. The molecule has 176 valence electrons. The van der Waals surface area contributed by atoms with Crippen LogP contribution >= 0.6 is 0 Å². The van der Waals surface area contributed by atoms with Crippen molar-refractivity contribution < 1.29 is 14.3 Å². The highest BCUT2D eigenvalue weighted by molar-refractivity contribution is 6.04. The minimum atomic E-state index is -0.311. The lowest BCUT2D eigenvalue weighted by Gasteiger charge is -2.33. The van der Waals surface area contributed by atoms with Gasteiger partial charge in [0.15, 0.2) is 0 Å². The van der Waals surface area contributed by atoms with Crippen molar-refractivity contribution in [3.8, 4) is 11.8 Å². The molecule has 0 N–H and O–H groups in total. The number of benzene rings is 2. The number of ether oxygens (including phenoxy) is 2. The molecular formula is C29H27N3O3. The van der Waals surface area contributed by atoms with Crippen LogP contribution in [-0.2, 0) is 16.2 Å².